The Balaban J connectivity index is 1.60. The maximum absolute atomic E-state index is 13.4. The van der Waals surface area contributed by atoms with Crippen LogP contribution in [-0.4, -0.2) is 23.8 Å². The molecule has 0 amide bonds. The molecular formula is C31H50O3. The van der Waals surface area contributed by atoms with E-state index in [2.05, 4.69) is 54.5 Å². The number of hydrogen-bond acceptors (Lipinski definition) is 3. The molecule has 4 saturated carbocycles. The van der Waals surface area contributed by atoms with Gasteiger partial charge in [0.2, 0.25) is 0 Å². The van der Waals surface area contributed by atoms with Crippen molar-refractivity contribution in [3.05, 3.63) is 11.6 Å². The monoisotopic (exact) mass is 470 g/mol. The fourth-order valence-corrected chi connectivity index (χ4v) is 10.8. The van der Waals surface area contributed by atoms with Gasteiger partial charge in [-0.05, 0) is 116 Å². The summed E-state index contributed by atoms with van der Waals surface area (Å²) >= 11 is 0. The third kappa shape index (κ3) is 2.88. The molecule has 0 aliphatic heterocycles. The van der Waals surface area contributed by atoms with Gasteiger partial charge in [0.1, 0.15) is 0 Å². The average Bonchev–Trinajstić information content (AvgIpc) is 2.79. The first-order chi connectivity index (χ1) is 15.8. The maximum Gasteiger partial charge on any atom is 0.312 e. The molecule has 192 valence electrons. The lowest BCUT2D eigenvalue weighted by atomic mass is 9.34. The first kappa shape index (κ1) is 24.8. The molecule has 5 aliphatic rings. The van der Waals surface area contributed by atoms with E-state index in [0.717, 1.165) is 44.9 Å². The van der Waals surface area contributed by atoms with E-state index in [4.69, 9.17) is 4.74 Å². The summed E-state index contributed by atoms with van der Waals surface area (Å²) in [6.45, 7) is 17.0. The van der Waals surface area contributed by atoms with E-state index in [-0.39, 0.29) is 27.6 Å². The molecule has 4 fully saturated rings. The number of fused-ring (bicyclic) bond motifs is 7. The highest BCUT2D eigenvalue weighted by Crippen LogP contribution is 2.75. The number of esters is 1. The zero-order chi connectivity index (χ0) is 24.9. The quantitative estimate of drug-likeness (QED) is 0.326. The SMILES string of the molecule is COC(=O)[C@]12CC[C@@H](C)[C@H](C)[C@H]1C1=CC[C@@H]3[C@@]4(C)CC[C@](C)(O)C(C)C4CC[C@@]3(C)[C@]1(C)CC2. The summed E-state index contributed by atoms with van der Waals surface area (Å²) in [6, 6.07) is 0. The minimum atomic E-state index is -0.532. The topological polar surface area (TPSA) is 46.5 Å². The third-order valence-corrected chi connectivity index (χ3v) is 13.7. The minimum Gasteiger partial charge on any atom is -0.469 e. The average molecular weight is 471 g/mol. The van der Waals surface area contributed by atoms with Crippen LogP contribution in [0.1, 0.15) is 106 Å². The number of ether oxygens (including phenoxy) is 1. The smallest absolute Gasteiger partial charge is 0.312 e. The summed E-state index contributed by atoms with van der Waals surface area (Å²) in [5, 5.41) is 11.1. The van der Waals surface area contributed by atoms with Crippen LogP contribution < -0.4 is 0 Å². The molecule has 0 radical (unpaired) electrons. The molecule has 5 aliphatic carbocycles. The lowest BCUT2D eigenvalue weighted by molar-refractivity contribution is -0.203. The third-order valence-electron chi connectivity index (χ3n) is 13.7. The molecule has 1 N–H and O–H groups in total. The van der Waals surface area contributed by atoms with Crippen molar-refractivity contribution >= 4 is 5.97 Å². The van der Waals surface area contributed by atoms with Crippen molar-refractivity contribution in [2.24, 2.45) is 57.2 Å². The van der Waals surface area contributed by atoms with Crippen LogP contribution in [0.3, 0.4) is 0 Å². The maximum atomic E-state index is 13.4. The van der Waals surface area contributed by atoms with Crippen molar-refractivity contribution in [3.63, 3.8) is 0 Å². The van der Waals surface area contributed by atoms with Crippen molar-refractivity contribution in [2.45, 2.75) is 112 Å². The first-order valence-corrected chi connectivity index (χ1v) is 14.3. The van der Waals surface area contributed by atoms with Crippen molar-refractivity contribution in [1.29, 1.82) is 0 Å². The Morgan fingerprint density at radius 3 is 2.35 bits per heavy atom. The molecule has 3 heteroatoms. The van der Waals surface area contributed by atoms with Crippen molar-refractivity contribution in [2.75, 3.05) is 7.11 Å². The minimum absolute atomic E-state index is 0.0467. The second-order valence-corrected chi connectivity index (χ2v) is 14.5. The fraction of sp³-hybridized carbons (Fsp3) is 0.903. The molecule has 0 aromatic heterocycles. The van der Waals surface area contributed by atoms with Crippen molar-refractivity contribution in [3.8, 4) is 0 Å². The molecule has 11 atom stereocenters. The molecule has 0 saturated heterocycles. The molecule has 5 rings (SSSR count). The number of methoxy groups -OCH3 is 1. The predicted octanol–water partition coefficient (Wildman–Crippen LogP) is 7.18. The lowest BCUT2D eigenvalue weighted by Gasteiger charge is -2.70. The molecule has 0 heterocycles. The highest BCUT2D eigenvalue weighted by atomic mass is 16.5. The highest BCUT2D eigenvalue weighted by molar-refractivity contribution is 5.78. The Morgan fingerprint density at radius 2 is 1.68 bits per heavy atom. The van der Waals surface area contributed by atoms with Gasteiger partial charge in [-0.2, -0.15) is 0 Å². The molecule has 0 bridgehead atoms. The van der Waals surface area contributed by atoms with Crippen LogP contribution in [0.2, 0.25) is 0 Å². The molecule has 34 heavy (non-hydrogen) atoms. The van der Waals surface area contributed by atoms with E-state index in [1.807, 2.05) is 0 Å². The number of hydrogen-bond donors (Lipinski definition) is 1. The van der Waals surface area contributed by atoms with E-state index in [1.165, 1.54) is 12.8 Å². The zero-order valence-corrected chi connectivity index (χ0v) is 23.2. The van der Waals surface area contributed by atoms with Gasteiger partial charge in [0.25, 0.3) is 0 Å². The Bertz CT molecular complexity index is 889. The van der Waals surface area contributed by atoms with Gasteiger partial charge in [-0.1, -0.05) is 53.2 Å². The summed E-state index contributed by atoms with van der Waals surface area (Å²) < 4.78 is 5.51. The van der Waals surface area contributed by atoms with Crippen molar-refractivity contribution in [1.82, 2.24) is 0 Å². The summed E-state index contributed by atoms with van der Waals surface area (Å²) in [5.74, 6) is 3.11. The first-order valence-electron chi connectivity index (χ1n) is 14.3. The second kappa shape index (κ2) is 7.59. The van der Waals surface area contributed by atoms with Crippen LogP contribution in [0, 0.1) is 57.2 Å². The molecular weight excluding hydrogens is 420 g/mol. The van der Waals surface area contributed by atoms with Crippen LogP contribution in [0.25, 0.3) is 0 Å². The molecule has 3 nitrogen and oxygen atoms in total. The number of carbonyl (C=O) groups excluding carboxylic acids is 1. The Kier molecular flexibility index (Phi) is 5.55. The Morgan fingerprint density at radius 1 is 0.971 bits per heavy atom. The van der Waals surface area contributed by atoms with Gasteiger partial charge < -0.3 is 9.84 Å². The summed E-state index contributed by atoms with van der Waals surface area (Å²) in [4.78, 5) is 13.4. The number of carbonyl (C=O) groups is 1. The van der Waals surface area contributed by atoms with Crippen molar-refractivity contribution < 1.29 is 14.6 Å². The van der Waals surface area contributed by atoms with E-state index in [1.54, 1.807) is 12.7 Å². The summed E-state index contributed by atoms with van der Waals surface area (Å²) in [6.07, 6.45) is 12.5. The Labute approximate surface area is 208 Å². The highest BCUT2D eigenvalue weighted by Gasteiger charge is 2.69. The van der Waals surface area contributed by atoms with Gasteiger partial charge in [0.15, 0.2) is 0 Å². The fourth-order valence-electron chi connectivity index (χ4n) is 10.8. The van der Waals surface area contributed by atoms with Gasteiger partial charge >= 0.3 is 5.97 Å². The zero-order valence-electron chi connectivity index (χ0n) is 23.2. The number of aliphatic hydroxyl groups is 1. The van der Waals surface area contributed by atoms with Gasteiger partial charge in [-0.15, -0.1) is 0 Å². The largest absolute Gasteiger partial charge is 0.469 e. The van der Waals surface area contributed by atoms with E-state index in [9.17, 15) is 9.90 Å². The molecule has 2 unspecified atom stereocenters. The van der Waals surface area contributed by atoms with Gasteiger partial charge in [0, 0.05) is 0 Å². The van der Waals surface area contributed by atoms with Crippen LogP contribution in [0.4, 0.5) is 0 Å². The van der Waals surface area contributed by atoms with Gasteiger partial charge in [0.05, 0.1) is 18.1 Å². The summed E-state index contributed by atoms with van der Waals surface area (Å²) in [5.41, 5.74) is 1.42. The normalized spacial score (nSPS) is 56.8. The van der Waals surface area contributed by atoms with Crippen LogP contribution in [0.5, 0.6) is 0 Å². The predicted molar refractivity (Wildman–Crippen MR) is 137 cm³/mol. The van der Waals surface area contributed by atoms with E-state index in [0.29, 0.717) is 35.5 Å². The Hall–Kier alpha value is -0.830. The molecule has 0 aromatic carbocycles. The van der Waals surface area contributed by atoms with Crippen LogP contribution in [-0.2, 0) is 9.53 Å². The van der Waals surface area contributed by atoms with Crippen LogP contribution in [0.15, 0.2) is 11.6 Å². The molecule has 0 spiro atoms. The van der Waals surface area contributed by atoms with Crippen LogP contribution >= 0.6 is 0 Å². The van der Waals surface area contributed by atoms with Gasteiger partial charge in [-0.3, -0.25) is 4.79 Å². The molecule has 0 aromatic rings. The van der Waals surface area contributed by atoms with E-state index < -0.39 is 5.60 Å². The van der Waals surface area contributed by atoms with E-state index >= 15 is 0 Å². The number of allylic oxidation sites excluding steroid dienone is 2. The second-order valence-electron chi connectivity index (χ2n) is 14.5. The van der Waals surface area contributed by atoms with Gasteiger partial charge in [-0.25, -0.2) is 0 Å². The lowest BCUT2D eigenvalue weighted by Crippen LogP contribution is -2.65. The number of rotatable bonds is 1. The summed E-state index contributed by atoms with van der Waals surface area (Å²) in [7, 11) is 1.60. The standard InChI is InChI=1S/C31H50O3/c1-19-11-14-31(26(32)34-8)18-16-28(5)23(25(31)20(19)2)9-10-24-27(4)15-17-30(7,33)21(3)22(27)12-13-29(24,28)6/h9,19-22,24-25,33H,10-18H2,1-8H3/t19-,20+,21?,22?,24-,25+,27+,28-,29-,30+,31+/m1/s1.